The SMILES string of the molecule is Cc1ccccc1C(=O)C1CCCC1CN. The molecule has 2 heteroatoms. The Morgan fingerprint density at radius 3 is 2.81 bits per heavy atom. The molecule has 1 saturated carbocycles. The number of rotatable bonds is 3. The van der Waals surface area contributed by atoms with Gasteiger partial charge in [-0.15, -0.1) is 0 Å². The van der Waals surface area contributed by atoms with Crippen molar-refractivity contribution >= 4 is 5.78 Å². The maximum atomic E-state index is 12.4. The first kappa shape index (κ1) is 11.3. The normalized spacial score (nSPS) is 24.6. The van der Waals surface area contributed by atoms with Gasteiger partial charge in [-0.3, -0.25) is 4.79 Å². The van der Waals surface area contributed by atoms with Crippen LogP contribution in [-0.4, -0.2) is 12.3 Å². The molecular weight excluding hydrogens is 198 g/mol. The van der Waals surface area contributed by atoms with Crippen LogP contribution in [0.15, 0.2) is 24.3 Å². The Morgan fingerprint density at radius 2 is 2.12 bits per heavy atom. The zero-order chi connectivity index (χ0) is 11.5. The highest BCUT2D eigenvalue weighted by atomic mass is 16.1. The predicted octanol–water partition coefficient (Wildman–Crippen LogP) is 2.55. The van der Waals surface area contributed by atoms with E-state index in [9.17, 15) is 4.79 Å². The Balaban J connectivity index is 2.22. The number of carbonyl (C=O) groups is 1. The van der Waals surface area contributed by atoms with Crippen molar-refractivity contribution in [1.29, 1.82) is 0 Å². The van der Waals surface area contributed by atoms with E-state index in [1.807, 2.05) is 31.2 Å². The lowest BCUT2D eigenvalue weighted by Gasteiger charge is -2.17. The van der Waals surface area contributed by atoms with Crippen molar-refractivity contribution in [2.24, 2.45) is 17.6 Å². The molecule has 2 nitrogen and oxygen atoms in total. The fourth-order valence-electron chi connectivity index (χ4n) is 2.71. The zero-order valence-electron chi connectivity index (χ0n) is 9.78. The van der Waals surface area contributed by atoms with Gasteiger partial charge in [-0.2, -0.15) is 0 Å². The van der Waals surface area contributed by atoms with E-state index in [1.54, 1.807) is 0 Å². The van der Waals surface area contributed by atoms with Crippen LogP contribution in [0.1, 0.15) is 35.2 Å². The van der Waals surface area contributed by atoms with E-state index in [2.05, 4.69) is 0 Å². The van der Waals surface area contributed by atoms with E-state index in [0.717, 1.165) is 30.4 Å². The van der Waals surface area contributed by atoms with Crippen LogP contribution in [0.4, 0.5) is 0 Å². The summed E-state index contributed by atoms with van der Waals surface area (Å²) in [6.07, 6.45) is 3.26. The molecule has 1 aromatic carbocycles. The highest BCUT2D eigenvalue weighted by Crippen LogP contribution is 2.33. The first-order valence-electron chi connectivity index (χ1n) is 6.04. The highest BCUT2D eigenvalue weighted by Gasteiger charge is 2.32. The van der Waals surface area contributed by atoms with Crippen molar-refractivity contribution in [3.05, 3.63) is 35.4 Å². The van der Waals surface area contributed by atoms with Crippen LogP contribution in [0.5, 0.6) is 0 Å². The minimum atomic E-state index is 0.158. The topological polar surface area (TPSA) is 43.1 Å². The minimum Gasteiger partial charge on any atom is -0.330 e. The number of hydrogen-bond donors (Lipinski definition) is 1. The maximum absolute atomic E-state index is 12.4. The van der Waals surface area contributed by atoms with Gasteiger partial charge in [0.1, 0.15) is 0 Å². The van der Waals surface area contributed by atoms with E-state index >= 15 is 0 Å². The molecule has 0 bridgehead atoms. The van der Waals surface area contributed by atoms with Crippen molar-refractivity contribution in [1.82, 2.24) is 0 Å². The first-order chi connectivity index (χ1) is 7.74. The monoisotopic (exact) mass is 217 g/mol. The number of carbonyl (C=O) groups excluding carboxylic acids is 1. The van der Waals surface area contributed by atoms with Gasteiger partial charge in [0.15, 0.2) is 5.78 Å². The van der Waals surface area contributed by atoms with E-state index < -0.39 is 0 Å². The van der Waals surface area contributed by atoms with Gasteiger partial charge in [-0.1, -0.05) is 30.7 Å². The number of hydrogen-bond acceptors (Lipinski definition) is 2. The molecule has 0 heterocycles. The molecule has 2 N–H and O–H groups in total. The number of Topliss-reactive ketones (excluding diaryl/α,β-unsaturated/α-hetero) is 1. The third-order valence-corrected chi connectivity index (χ3v) is 3.71. The molecule has 86 valence electrons. The summed E-state index contributed by atoms with van der Waals surface area (Å²) in [5, 5.41) is 0. The van der Waals surface area contributed by atoms with Gasteiger partial charge in [0, 0.05) is 11.5 Å². The minimum absolute atomic E-state index is 0.158. The van der Waals surface area contributed by atoms with Gasteiger partial charge in [-0.25, -0.2) is 0 Å². The largest absolute Gasteiger partial charge is 0.330 e. The molecule has 0 amide bonds. The van der Waals surface area contributed by atoms with Crippen LogP contribution in [0.25, 0.3) is 0 Å². The summed E-state index contributed by atoms with van der Waals surface area (Å²) in [5.41, 5.74) is 7.69. The fourth-order valence-corrected chi connectivity index (χ4v) is 2.71. The Labute approximate surface area is 96.8 Å². The number of aryl methyl sites for hydroxylation is 1. The lowest BCUT2D eigenvalue weighted by atomic mass is 9.87. The van der Waals surface area contributed by atoms with E-state index in [4.69, 9.17) is 5.73 Å². The van der Waals surface area contributed by atoms with Crippen molar-refractivity contribution in [3.63, 3.8) is 0 Å². The maximum Gasteiger partial charge on any atom is 0.166 e. The molecule has 0 aromatic heterocycles. The lowest BCUT2D eigenvalue weighted by molar-refractivity contribution is 0.0893. The second-order valence-electron chi connectivity index (χ2n) is 4.71. The van der Waals surface area contributed by atoms with Crippen molar-refractivity contribution < 1.29 is 4.79 Å². The van der Waals surface area contributed by atoms with Gasteiger partial charge in [0.05, 0.1) is 0 Å². The summed E-state index contributed by atoms with van der Waals surface area (Å²) in [6.45, 7) is 2.64. The van der Waals surface area contributed by atoms with Crippen molar-refractivity contribution in [3.8, 4) is 0 Å². The molecular formula is C14H19NO. The Kier molecular flexibility index (Phi) is 3.39. The van der Waals surface area contributed by atoms with Crippen LogP contribution >= 0.6 is 0 Å². The lowest BCUT2D eigenvalue weighted by Crippen LogP contribution is -2.25. The van der Waals surface area contributed by atoms with Crippen LogP contribution in [-0.2, 0) is 0 Å². The standard InChI is InChI=1S/C14H19NO/c1-10-5-2-3-7-12(10)14(16)13-8-4-6-11(13)9-15/h2-3,5,7,11,13H,4,6,8-9,15H2,1H3. The van der Waals surface area contributed by atoms with Crippen LogP contribution < -0.4 is 5.73 Å². The molecule has 0 saturated heterocycles. The van der Waals surface area contributed by atoms with E-state index in [1.165, 1.54) is 0 Å². The average Bonchev–Trinajstić information content (AvgIpc) is 2.77. The summed E-state index contributed by atoms with van der Waals surface area (Å²) in [6, 6.07) is 7.84. The molecule has 16 heavy (non-hydrogen) atoms. The molecule has 0 spiro atoms. The molecule has 0 aliphatic heterocycles. The van der Waals surface area contributed by atoms with E-state index in [-0.39, 0.29) is 5.92 Å². The molecule has 1 aliphatic rings. The smallest absolute Gasteiger partial charge is 0.166 e. The summed E-state index contributed by atoms with van der Waals surface area (Å²) in [4.78, 5) is 12.4. The van der Waals surface area contributed by atoms with Crippen LogP contribution in [0.2, 0.25) is 0 Å². The van der Waals surface area contributed by atoms with Gasteiger partial charge in [-0.05, 0) is 37.8 Å². The average molecular weight is 217 g/mol. The van der Waals surface area contributed by atoms with Gasteiger partial charge >= 0.3 is 0 Å². The Hall–Kier alpha value is -1.15. The summed E-state index contributed by atoms with van der Waals surface area (Å²) in [7, 11) is 0. The molecule has 1 aliphatic carbocycles. The second kappa shape index (κ2) is 4.79. The zero-order valence-corrected chi connectivity index (χ0v) is 9.78. The van der Waals surface area contributed by atoms with Crippen molar-refractivity contribution in [2.45, 2.75) is 26.2 Å². The third kappa shape index (κ3) is 2.03. The molecule has 2 atom stereocenters. The molecule has 2 rings (SSSR count). The van der Waals surface area contributed by atoms with Crippen LogP contribution in [0, 0.1) is 18.8 Å². The summed E-state index contributed by atoms with van der Waals surface area (Å²) in [5.74, 6) is 0.851. The quantitative estimate of drug-likeness (QED) is 0.791. The fraction of sp³-hybridized carbons (Fsp3) is 0.500. The Morgan fingerprint density at radius 1 is 1.38 bits per heavy atom. The van der Waals surface area contributed by atoms with E-state index in [0.29, 0.717) is 18.2 Å². The predicted molar refractivity (Wildman–Crippen MR) is 65.4 cm³/mol. The summed E-state index contributed by atoms with van der Waals surface area (Å²) < 4.78 is 0. The van der Waals surface area contributed by atoms with Gasteiger partial charge in [0.25, 0.3) is 0 Å². The second-order valence-corrected chi connectivity index (χ2v) is 4.71. The molecule has 1 aromatic rings. The molecule has 1 fully saturated rings. The molecule has 0 radical (unpaired) electrons. The number of benzene rings is 1. The number of ketones is 1. The van der Waals surface area contributed by atoms with Gasteiger partial charge in [0.2, 0.25) is 0 Å². The highest BCUT2D eigenvalue weighted by molar-refractivity contribution is 5.99. The Bertz CT molecular complexity index is 386. The molecule has 2 unspecified atom stereocenters. The van der Waals surface area contributed by atoms with Crippen molar-refractivity contribution in [2.75, 3.05) is 6.54 Å². The number of nitrogens with two attached hydrogens (primary N) is 1. The first-order valence-corrected chi connectivity index (χ1v) is 6.04. The summed E-state index contributed by atoms with van der Waals surface area (Å²) >= 11 is 0. The van der Waals surface area contributed by atoms with Crippen LogP contribution in [0.3, 0.4) is 0 Å². The third-order valence-electron chi connectivity index (χ3n) is 3.71. The van der Waals surface area contributed by atoms with Gasteiger partial charge < -0.3 is 5.73 Å².